The van der Waals surface area contributed by atoms with Crippen LogP contribution in [0.2, 0.25) is 0 Å². The highest BCUT2D eigenvalue weighted by atomic mass is 16.7. The predicted molar refractivity (Wildman–Crippen MR) is 50.4 cm³/mol. The SMILES string of the molecule is C[CH]Cc1cccc2c1COCO2. The molecule has 1 aliphatic heterocycles. The van der Waals surface area contributed by atoms with Crippen molar-refractivity contribution in [3.8, 4) is 5.75 Å². The average Bonchev–Trinajstić information content (AvgIpc) is 2.19. The summed E-state index contributed by atoms with van der Waals surface area (Å²) in [5.41, 5.74) is 2.51. The van der Waals surface area contributed by atoms with Gasteiger partial charge in [-0.15, -0.1) is 0 Å². The van der Waals surface area contributed by atoms with Gasteiger partial charge >= 0.3 is 0 Å². The van der Waals surface area contributed by atoms with Crippen LogP contribution in [0.15, 0.2) is 18.2 Å². The maximum Gasteiger partial charge on any atom is 0.189 e. The Labute approximate surface area is 78.5 Å². The third-order valence-corrected chi connectivity index (χ3v) is 2.20. The highest BCUT2D eigenvalue weighted by molar-refractivity contribution is 5.41. The molecule has 1 heterocycles. The van der Waals surface area contributed by atoms with Gasteiger partial charge in [0.15, 0.2) is 6.79 Å². The summed E-state index contributed by atoms with van der Waals surface area (Å²) >= 11 is 0. The third-order valence-electron chi connectivity index (χ3n) is 2.20. The zero-order chi connectivity index (χ0) is 9.10. The Hall–Kier alpha value is -1.02. The van der Waals surface area contributed by atoms with Gasteiger partial charge in [0, 0.05) is 5.56 Å². The lowest BCUT2D eigenvalue weighted by molar-refractivity contribution is -0.0167. The van der Waals surface area contributed by atoms with Gasteiger partial charge in [-0.2, -0.15) is 0 Å². The lowest BCUT2D eigenvalue weighted by Crippen LogP contribution is -2.13. The van der Waals surface area contributed by atoms with E-state index in [0.29, 0.717) is 13.4 Å². The average molecular weight is 177 g/mol. The highest BCUT2D eigenvalue weighted by Gasteiger charge is 2.13. The summed E-state index contributed by atoms with van der Waals surface area (Å²) in [4.78, 5) is 0. The molecule has 2 heteroatoms. The highest BCUT2D eigenvalue weighted by Crippen LogP contribution is 2.27. The van der Waals surface area contributed by atoms with Crippen molar-refractivity contribution in [2.75, 3.05) is 6.79 Å². The molecule has 69 valence electrons. The Morgan fingerprint density at radius 3 is 3.23 bits per heavy atom. The Morgan fingerprint density at radius 1 is 1.46 bits per heavy atom. The summed E-state index contributed by atoms with van der Waals surface area (Å²) in [6, 6.07) is 6.15. The first-order chi connectivity index (χ1) is 6.42. The van der Waals surface area contributed by atoms with Gasteiger partial charge in [-0.3, -0.25) is 0 Å². The molecule has 2 rings (SSSR count). The molecule has 0 unspecified atom stereocenters. The van der Waals surface area contributed by atoms with Crippen LogP contribution in [0.1, 0.15) is 18.1 Å². The number of fused-ring (bicyclic) bond motifs is 1. The van der Waals surface area contributed by atoms with Gasteiger partial charge in [0.2, 0.25) is 0 Å². The molecule has 2 nitrogen and oxygen atoms in total. The fraction of sp³-hybridized carbons (Fsp3) is 0.364. The molecule has 0 N–H and O–H groups in total. The second kappa shape index (κ2) is 3.79. The maximum absolute atomic E-state index is 5.37. The van der Waals surface area contributed by atoms with E-state index in [1.807, 2.05) is 12.1 Å². The molecule has 0 aromatic heterocycles. The quantitative estimate of drug-likeness (QED) is 0.690. The van der Waals surface area contributed by atoms with Gasteiger partial charge in [-0.05, 0) is 24.5 Å². The molecule has 13 heavy (non-hydrogen) atoms. The maximum atomic E-state index is 5.37. The summed E-state index contributed by atoms with van der Waals surface area (Å²) in [7, 11) is 0. The molecule has 0 spiro atoms. The largest absolute Gasteiger partial charge is 0.467 e. The van der Waals surface area contributed by atoms with Crippen molar-refractivity contribution in [3.05, 3.63) is 35.7 Å². The molecule has 0 saturated heterocycles. The number of rotatable bonds is 2. The van der Waals surface area contributed by atoms with Gasteiger partial charge in [0.25, 0.3) is 0 Å². The number of ether oxygens (including phenoxy) is 2. The molecule has 0 saturated carbocycles. The van der Waals surface area contributed by atoms with Crippen molar-refractivity contribution in [1.82, 2.24) is 0 Å². The van der Waals surface area contributed by atoms with Crippen LogP contribution < -0.4 is 4.74 Å². The Morgan fingerprint density at radius 2 is 2.38 bits per heavy atom. The van der Waals surface area contributed by atoms with Crippen molar-refractivity contribution in [3.63, 3.8) is 0 Å². The lowest BCUT2D eigenvalue weighted by Gasteiger charge is -2.20. The van der Waals surface area contributed by atoms with E-state index < -0.39 is 0 Å². The normalized spacial score (nSPS) is 14.8. The number of hydrogen-bond acceptors (Lipinski definition) is 2. The zero-order valence-corrected chi connectivity index (χ0v) is 7.75. The summed E-state index contributed by atoms with van der Waals surface area (Å²) in [5.74, 6) is 0.977. The minimum atomic E-state index is 0.381. The van der Waals surface area contributed by atoms with Gasteiger partial charge in [0.1, 0.15) is 5.75 Å². The van der Waals surface area contributed by atoms with E-state index in [9.17, 15) is 0 Å². The molecule has 0 bridgehead atoms. The van der Waals surface area contributed by atoms with Crippen molar-refractivity contribution in [2.45, 2.75) is 20.0 Å². The van der Waals surface area contributed by atoms with Crippen molar-refractivity contribution in [2.24, 2.45) is 0 Å². The van der Waals surface area contributed by atoms with Crippen LogP contribution in [0.4, 0.5) is 0 Å². The van der Waals surface area contributed by atoms with Gasteiger partial charge in [-0.1, -0.05) is 19.1 Å². The first-order valence-corrected chi connectivity index (χ1v) is 4.51. The van der Waals surface area contributed by atoms with Crippen LogP contribution in [0, 0.1) is 6.42 Å². The summed E-state index contributed by atoms with van der Waals surface area (Å²) < 4.78 is 10.6. The predicted octanol–water partition coefficient (Wildman–Crippen LogP) is 2.32. The van der Waals surface area contributed by atoms with E-state index in [2.05, 4.69) is 19.4 Å². The first kappa shape index (κ1) is 8.57. The topological polar surface area (TPSA) is 18.5 Å². The number of hydrogen-bond donors (Lipinski definition) is 0. The molecule has 0 atom stereocenters. The Balaban J connectivity index is 2.34. The third kappa shape index (κ3) is 1.68. The molecular formula is C11H13O2. The molecule has 0 amide bonds. The molecule has 1 radical (unpaired) electrons. The Bertz CT molecular complexity index is 294. The van der Waals surface area contributed by atoms with Crippen LogP contribution in [-0.4, -0.2) is 6.79 Å². The second-order valence-electron chi connectivity index (χ2n) is 3.12. The summed E-state index contributed by atoms with van der Waals surface area (Å²) in [6.45, 7) is 3.12. The Kier molecular flexibility index (Phi) is 2.50. The van der Waals surface area contributed by atoms with E-state index in [1.54, 1.807) is 0 Å². The monoisotopic (exact) mass is 177 g/mol. The molecule has 0 aliphatic carbocycles. The molecule has 1 aliphatic rings. The molecular weight excluding hydrogens is 164 g/mol. The smallest absolute Gasteiger partial charge is 0.189 e. The van der Waals surface area contributed by atoms with Crippen LogP contribution in [-0.2, 0) is 17.8 Å². The minimum Gasteiger partial charge on any atom is -0.467 e. The number of benzene rings is 1. The molecule has 1 aromatic carbocycles. The van der Waals surface area contributed by atoms with E-state index >= 15 is 0 Å². The van der Waals surface area contributed by atoms with Crippen molar-refractivity contribution >= 4 is 0 Å². The van der Waals surface area contributed by atoms with E-state index in [0.717, 1.165) is 12.2 Å². The fourth-order valence-corrected chi connectivity index (χ4v) is 1.57. The minimum absolute atomic E-state index is 0.381. The molecule has 0 fully saturated rings. The fourth-order valence-electron chi connectivity index (χ4n) is 1.57. The van der Waals surface area contributed by atoms with Crippen LogP contribution in [0.3, 0.4) is 0 Å². The standard InChI is InChI=1S/C11H13O2/c1-2-4-9-5-3-6-11-10(9)7-12-8-13-11/h2-3,5-6H,4,7-8H2,1H3. The van der Waals surface area contributed by atoms with Crippen LogP contribution in [0.25, 0.3) is 0 Å². The van der Waals surface area contributed by atoms with Gasteiger partial charge < -0.3 is 9.47 Å². The molecule has 1 aromatic rings. The zero-order valence-electron chi connectivity index (χ0n) is 7.75. The summed E-state index contributed by atoms with van der Waals surface area (Å²) in [5, 5.41) is 0. The van der Waals surface area contributed by atoms with Gasteiger partial charge in [-0.25, -0.2) is 0 Å². The van der Waals surface area contributed by atoms with Crippen molar-refractivity contribution in [1.29, 1.82) is 0 Å². The van der Waals surface area contributed by atoms with Crippen molar-refractivity contribution < 1.29 is 9.47 Å². The first-order valence-electron chi connectivity index (χ1n) is 4.51. The van der Waals surface area contributed by atoms with E-state index in [-0.39, 0.29) is 0 Å². The van der Waals surface area contributed by atoms with E-state index in [4.69, 9.17) is 9.47 Å². The second-order valence-corrected chi connectivity index (χ2v) is 3.12. The summed E-state index contributed by atoms with van der Waals surface area (Å²) in [6.07, 6.45) is 3.13. The van der Waals surface area contributed by atoms with Crippen LogP contribution in [0.5, 0.6) is 5.75 Å². The van der Waals surface area contributed by atoms with Crippen LogP contribution >= 0.6 is 0 Å². The van der Waals surface area contributed by atoms with E-state index in [1.165, 1.54) is 11.1 Å². The van der Waals surface area contributed by atoms with Gasteiger partial charge in [0.05, 0.1) is 6.61 Å². The lowest BCUT2D eigenvalue weighted by atomic mass is 10.0.